The van der Waals surface area contributed by atoms with Gasteiger partial charge in [-0.15, -0.1) is 0 Å². The SMILES string of the molecule is C1CPOO1. The molecular formula is C2H5O2P. The Kier molecular flexibility index (Phi) is 1.21. The van der Waals surface area contributed by atoms with Crippen LogP contribution in [0.1, 0.15) is 0 Å². The van der Waals surface area contributed by atoms with Gasteiger partial charge in [0.1, 0.15) is 0 Å². The maximum Gasteiger partial charge on any atom is 0.0884 e. The molecule has 0 N–H and O–H groups in total. The van der Waals surface area contributed by atoms with E-state index in [4.69, 9.17) is 0 Å². The van der Waals surface area contributed by atoms with Crippen LogP contribution in [-0.4, -0.2) is 12.8 Å². The molecule has 0 aromatic carbocycles. The minimum absolute atomic E-state index is 0.586. The lowest BCUT2D eigenvalue weighted by Gasteiger charge is -1.77. The van der Waals surface area contributed by atoms with Crippen molar-refractivity contribution in [2.45, 2.75) is 0 Å². The molecule has 0 amide bonds. The van der Waals surface area contributed by atoms with Crippen molar-refractivity contribution in [1.29, 1.82) is 0 Å². The Morgan fingerprint density at radius 1 is 1.60 bits per heavy atom. The summed E-state index contributed by atoms with van der Waals surface area (Å²) in [5, 5.41) is 0. The fraction of sp³-hybridized carbons (Fsp3) is 1.00. The molecular weight excluding hydrogens is 87.0 g/mol. The minimum atomic E-state index is 0.586. The first kappa shape index (κ1) is 3.54. The molecule has 1 fully saturated rings. The third-order valence-electron chi connectivity index (χ3n) is 0.405. The van der Waals surface area contributed by atoms with Gasteiger partial charge in [-0.25, -0.2) is 9.56 Å². The van der Waals surface area contributed by atoms with E-state index in [0.29, 0.717) is 8.81 Å². The highest BCUT2D eigenvalue weighted by atomic mass is 31.1. The Morgan fingerprint density at radius 3 is 2.80 bits per heavy atom. The second-order valence-corrected chi connectivity index (χ2v) is 1.75. The van der Waals surface area contributed by atoms with Gasteiger partial charge in [-0.1, -0.05) is 0 Å². The molecule has 3 heteroatoms. The molecule has 1 rings (SSSR count). The third-order valence-corrected chi connectivity index (χ3v) is 1.05. The van der Waals surface area contributed by atoms with Crippen LogP contribution in [0.2, 0.25) is 0 Å². The summed E-state index contributed by atoms with van der Waals surface area (Å²) in [5.74, 6) is 0. The van der Waals surface area contributed by atoms with Crippen molar-refractivity contribution in [1.82, 2.24) is 0 Å². The molecule has 30 valence electrons. The molecule has 0 radical (unpaired) electrons. The van der Waals surface area contributed by atoms with Crippen molar-refractivity contribution in [3.63, 3.8) is 0 Å². The minimum Gasteiger partial charge on any atom is -0.233 e. The monoisotopic (exact) mass is 92.0 g/mol. The molecule has 1 unspecified atom stereocenters. The first-order chi connectivity index (χ1) is 2.50. The summed E-state index contributed by atoms with van der Waals surface area (Å²) in [6.45, 7) is 0.790. The average Bonchev–Trinajstić information content (AvgIpc) is 1.76. The first-order valence-corrected chi connectivity index (χ1v) is 2.63. The van der Waals surface area contributed by atoms with Gasteiger partial charge in [0.15, 0.2) is 0 Å². The topological polar surface area (TPSA) is 18.5 Å². The second-order valence-electron chi connectivity index (χ2n) is 0.800. The van der Waals surface area contributed by atoms with E-state index in [2.05, 4.69) is 9.56 Å². The predicted molar refractivity (Wildman–Crippen MR) is 20.2 cm³/mol. The van der Waals surface area contributed by atoms with E-state index < -0.39 is 0 Å². The summed E-state index contributed by atoms with van der Waals surface area (Å²) in [7, 11) is 0.586. The van der Waals surface area contributed by atoms with Gasteiger partial charge in [0, 0.05) is 6.16 Å². The normalized spacial score (nSPS) is 28.8. The number of hydrogen-bond donors (Lipinski definition) is 0. The molecule has 1 aliphatic heterocycles. The number of rotatable bonds is 0. The van der Waals surface area contributed by atoms with Crippen LogP contribution in [0, 0.1) is 0 Å². The van der Waals surface area contributed by atoms with E-state index in [1.165, 1.54) is 0 Å². The highest BCUT2D eigenvalue weighted by Crippen LogP contribution is 2.17. The summed E-state index contributed by atoms with van der Waals surface area (Å²) in [6.07, 6.45) is 1.08. The summed E-state index contributed by atoms with van der Waals surface area (Å²) in [4.78, 5) is 4.46. The Hall–Kier alpha value is 0.350. The van der Waals surface area contributed by atoms with E-state index in [9.17, 15) is 0 Å². The molecule has 0 aliphatic carbocycles. The van der Waals surface area contributed by atoms with E-state index in [1.807, 2.05) is 0 Å². The molecule has 2 nitrogen and oxygen atoms in total. The molecule has 0 aromatic heterocycles. The van der Waals surface area contributed by atoms with Crippen molar-refractivity contribution in [3.8, 4) is 0 Å². The zero-order valence-corrected chi connectivity index (χ0v) is 3.73. The van der Waals surface area contributed by atoms with Crippen LogP contribution in [-0.2, 0) is 9.56 Å². The molecule has 0 aromatic rings. The highest BCUT2D eigenvalue weighted by Gasteiger charge is 1.96. The molecule has 1 saturated heterocycles. The smallest absolute Gasteiger partial charge is 0.0884 e. The first-order valence-electron chi connectivity index (χ1n) is 1.51. The number of hydrogen-bond acceptors (Lipinski definition) is 2. The van der Waals surface area contributed by atoms with Gasteiger partial charge < -0.3 is 0 Å². The third kappa shape index (κ3) is 0.839. The lowest BCUT2D eigenvalue weighted by atomic mass is 10.9. The quantitative estimate of drug-likeness (QED) is 0.320. The van der Waals surface area contributed by atoms with Crippen molar-refractivity contribution in [3.05, 3.63) is 0 Å². The van der Waals surface area contributed by atoms with Crippen LogP contribution in [0.25, 0.3) is 0 Å². The fourth-order valence-corrected chi connectivity index (χ4v) is 0.625. The van der Waals surface area contributed by atoms with Gasteiger partial charge in [0.2, 0.25) is 0 Å². The summed E-state index contributed by atoms with van der Waals surface area (Å²) in [5.41, 5.74) is 0. The van der Waals surface area contributed by atoms with Gasteiger partial charge in [0.05, 0.1) is 15.4 Å². The van der Waals surface area contributed by atoms with E-state index in [1.54, 1.807) is 0 Å². The Morgan fingerprint density at radius 2 is 2.60 bits per heavy atom. The zero-order valence-electron chi connectivity index (χ0n) is 2.73. The van der Waals surface area contributed by atoms with Gasteiger partial charge >= 0.3 is 0 Å². The molecule has 0 saturated carbocycles. The van der Waals surface area contributed by atoms with Gasteiger partial charge in [0.25, 0.3) is 0 Å². The van der Waals surface area contributed by atoms with Crippen molar-refractivity contribution in [2.75, 3.05) is 12.8 Å². The van der Waals surface area contributed by atoms with Crippen LogP contribution in [0.3, 0.4) is 0 Å². The van der Waals surface area contributed by atoms with Crippen LogP contribution >= 0.6 is 8.81 Å². The Labute approximate surface area is 32.3 Å². The molecule has 1 atom stereocenters. The lowest BCUT2D eigenvalue weighted by molar-refractivity contribution is -0.172. The van der Waals surface area contributed by atoms with Gasteiger partial charge in [-0.3, -0.25) is 0 Å². The van der Waals surface area contributed by atoms with Crippen LogP contribution < -0.4 is 0 Å². The average molecular weight is 92.0 g/mol. The van der Waals surface area contributed by atoms with Crippen LogP contribution in [0.15, 0.2) is 0 Å². The van der Waals surface area contributed by atoms with Gasteiger partial charge in [-0.2, -0.15) is 0 Å². The Bertz CT molecular complexity index is 19.2. The van der Waals surface area contributed by atoms with Crippen LogP contribution in [0.4, 0.5) is 0 Å². The molecule has 1 heterocycles. The maximum absolute atomic E-state index is 4.47. The molecule has 1 aliphatic rings. The van der Waals surface area contributed by atoms with Crippen molar-refractivity contribution in [2.24, 2.45) is 0 Å². The van der Waals surface area contributed by atoms with E-state index in [0.717, 1.165) is 12.8 Å². The Balaban J connectivity index is 2.08. The maximum atomic E-state index is 4.47. The largest absolute Gasteiger partial charge is 0.233 e. The summed E-state index contributed by atoms with van der Waals surface area (Å²) < 4.78 is 4.47. The van der Waals surface area contributed by atoms with E-state index in [-0.39, 0.29) is 0 Å². The van der Waals surface area contributed by atoms with Crippen molar-refractivity contribution < 1.29 is 9.56 Å². The molecule has 5 heavy (non-hydrogen) atoms. The van der Waals surface area contributed by atoms with Gasteiger partial charge in [-0.05, 0) is 0 Å². The second kappa shape index (κ2) is 1.71. The predicted octanol–water partition coefficient (Wildman–Crippen LogP) is 0.542. The zero-order chi connectivity index (χ0) is 3.54. The van der Waals surface area contributed by atoms with E-state index >= 15 is 0 Å². The van der Waals surface area contributed by atoms with Crippen molar-refractivity contribution >= 4 is 8.81 Å². The van der Waals surface area contributed by atoms with Crippen LogP contribution in [0.5, 0.6) is 0 Å². The highest BCUT2D eigenvalue weighted by molar-refractivity contribution is 7.32. The molecule has 0 spiro atoms. The lowest BCUT2D eigenvalue weighted by Crippen LogP contribution is -1.76. The molecule has 0 bridgehead atoms. The summed E-state index contributed by atoms with van der Waals surface area (Å²) in [6, 6.07) is 0. The standard InChI is InChI=1S/C2H5O2P/c1-2-5-4-3-1/h5H,1-2H2. The summed E-state index contributed by atoms with van der Waals surface area (Å²) >= 11 is 0. The fourth-order valence-electron chi connectivity index (χ4n) is 0.208.